The molecule has 2 unspecified atom stereocenters. The first kappa shape index (κ1) is 51.7. The van der Waals surface area contributed by atoms with Crippen molar-refractivity contribution in [2.45, 2.75) is 111 Å². The number of carbonyl (C=O) groups excluding carboxylic acids is 7. The molecular formula is C50H62N4O12. The van der Waals surface area contributed by atoms with E-state index in [0.29, 0.717) is 49.6 Å². The predicted molar refractivity (Wildman–Crippen MR) is 244 cm³/mol. The number of amides is 4. The molecule has 3 N–H and O–H groups in total. The van der Waals surface area contributed by atoms with Crippen LogP contribution >= 0.6 is 0 Å². The SMILES string of the molecule is CCCCCC(C(=O)NCNC(=O)c1ccc(-c2ccc(C(=O)NC(CC(=O)OCc3ccccc3)C(=O)OCc3ccccc3)c(OCC)c2)o1)[C@@H](CC)N(C=O)OC(=O)C(CC)CC. The summed E-state index contributed by atoms with van der Waals surface area (Å²) in [6, 6.07) is 23.5. The van der Waals surface area contributed by atoms with Crippen molar-refractivity contribution in [1.29, 1.82) is 0 Å². The van der Waals surface area contributed by atoms with E-state index in [1.165, 1.54) is 12.1 Å². The molecule has 0 aliphatic heterocycles. The van der Waals surface area contributed by atoms with Gasteiger partial charge < -0.3 is 39.4 Å². The van der Waals surface area contributed by atoms with E-state index in [4.69, 9.17) is 23.5 Å². The van der Waals surface area contributed by atoms with E-state index in [2.05, 4.69) is 16.0 Å². The number of carbonyl (C=O) groups is 7. The number of rotatable bonds is 28. The Morgan fingerprint density at radius 2 is 1.39 bits per heavy atom. The smallest absolute Gasteiger partial charge is 0.335 e. The summed E-state index contributed by atoms with van der Waals surface area (Å²) in [6.45, 7) is 9.10. The van der Waals surface area contributed by atoms with Gasteiger partial charge >= 0.3 is 17.9 Å². The minimum Gasteiger partial charge on any atom is -0.493 e. The molecule has 1 aromatic heterocycles. The van der Waals surface area contributed by atoms with Gasteiger partial charge in [0, 0.05) is 5.56 Å². The third kappa shape index (κ3) is 15.6. The zero-order valence-corrected chi connectivity index (χ0v) is 38.4. The Hall–Kier alpha value is -6.97. The third-order valence-electron chi connectivity index (χ3n) is 10.9. The van der Waals surface area contributed by atoms with Gasteiger partial charge in [0.1, 0.15) is 30.8 Å². The molecular weight excluding hydrogens is 849 g/mol. The molecule has 4 amide bonds. The maximum absolute atomic E-state index is 13.8. The fourth-order valence-electron chi connectivity index (χ4n) is 7.13. The lowest BCUT2D eigenvalue weighted by molar-refractivity contribution is -0.208. The number of furan rings is 1. The molecule has 4 aromatic rings. The van der Waals surface area contributed by atoms with Gasteiger partial charge in [0.25, 0.3) is 11.8 Å². The second-order valence-corrected chi connectivity index (χ2v) is 15.5. The average Bonchev–Trinajstić information content (AvgIpc) is 3.83. The van der Waals surface area contributed by atoms with E-state index in [-0.39, 0.29) is 55.2 Å². The summed E-state index contributed by atoms with van der Waals surface area (Å²) < 4.78 is 22.6. The summed E-state index contributed by atoms with van der Waals surface area (Å²) >= 11 is 0. The highest BCUT2D eigenvalue weighted by atomic mass is 16.7. The van der Waals surface area contributed by atoms with E-state index in [1.807, 2.05) is 32.9 Å². The highest BCUT2D eigenvalue weighted by molar-refractivity contribution is 6.00. The Bertz CT molecular complexity index is 2190. The molecule has 0 radical (unpaired) electrons. The molecule has 354 valence electrons. The molecule has 0 fully saturated rings. The topological polar surface area (TPSA) is 209 Å². The lowest BCUT2D eigenvalue weighted by atomic mass is 9.90. The molecule has 0 saturated carbocycles. The molecule has 3 atom stereocenters. The second kappa shape index (κ2) is 27.4. The van der Waals surface area contributed by atoms with Gasteiger partial charge in [0.05, 0.1) is 43.1 Å². The van der Waals surface area contributed by atoms with Crippen LogP contribution in [0.2, 0.25) is 0 Å². The summed E-state index contributed by atoms with van der Waals surface area (Å²) in [5.41, 5.74) is 1.97. The molecule has 4 rings (SSSR count). The first-order valence-electron chi connectivity index (χ1n) is 22.6. The van der Waals surface area contributed by atoms with Gasteiger partial charge in [-0.05, 0) is 68.0 Å². The van der Waals surface area contributed by atoms with Crippen molar-refractivity contribution in [2.75, 3.05) is 13.3 Å². The summed E-state index contributed by atoms with van der Waals surface area (Å²) in [4.78, 5) is 97.3. The Kier molecular flexibility index (Phi) is 21.4. The second-order valence-electron chi connectivity index (χ2n) is 15.5. The number of nitrogens with one attached hydrogen (secondary N) is 3. The maximum Gasteiger partial charge on any atom is 0.335 e. The lowest BCUT2D eigenvalue weighted by Crippen LogP contribution is -2.49. The molecule has 0 spiro atoms. The molecule has 1 heterocycles. The maximum atomic E-state index is 13.8. The van der Waals surface area contributed by atoms with Crippen LogP contribution in [0.1, 0.15) is 118 Å². The lowest BCUT2D eigenvalue weighted by Gasteiger charge is -2.32. The van der Waals surface area contributed by atoms with Gasteiger partial charge in [0.15, 0.2) is 5.76 Å². The van der Waals surface area contributed by atoms with Crippen LogP contribution in [0.3, 0.4) is 0 Å². The third-order valence-corrected chi connectivity index (χ3v) is 10.9. The van der Waals surface area contributed by atoms with Crippen molar-refractivity contribution in [2.24, 2.45) is 11.8 Å². The number of hydroxylamine groups is 2. The molecule has 16 heteroatoms. The highest BCUT2D eigenvalue weighted by Gasteiger charge is 2.34. The summed E-state index contributed by atoms with van der Waals surface area (Å²) in [6.07, 6.45) is 4.26. The summed E-state index contributed by atoms with van der Waals surface area (Å²) in [5.74, 6) is -4.64. The van der Waals surface area contributed by atoms with E-state index < -0.39 is 60.1 Å². The first-order valence-corrected chi connectivity index (χ1v) is 22.6. The Morgan fingerprint density at radius 1 is 0.727 bits per heavy atom. The molecule has 16 nitrogen and oxygen atoms in total. The summed E-state index contributed by atoms with van der Waals surface area (Å²) in [7, 11) is 0. The molecule has 0 bridgehead atoms. The molecule has 0 aliphatic carbocycles. The largest absolute Gasteiger partial charge is 0.493 e. The average molecular weight is 911 g/mol. The summed E-state index contributed by atoms with van der Waals surface area (Å²) in [5, 5.41) is 8.93. The van der Waals surface area contributed by atoms with Crippen LogP contribution in [0, 0.1) is 11.8 Å². The van der Waals surface area contributed by atoms with Crippen molar-refractivity contribution in [3.63, 3.8) is 0 Å². The van der Waals surface area contributed by atoms with Gasteiger partial charge in [-0.3, -0.25) is 24.0 Å². The Balaban J connectivity index is 1.43. The van der Waals surface area contributed by atoms with E-state index in [9.17, 15) is 33.6 Å². The quantitative estimate of drug-likeness (QED) is 0.0167. The predicted octanol–water partition coefficient (Wildman–Crippen LogP) is 7.45. The normalized spacial score (nSPS) is 12.2. The number of hydrogen-bond donors (Lipinski definition) is 3. The molecule has 3 aromatic carbocycles. The molecule has 66 heavy (non-hydrogen) atoms. The number of ether oxygens (including phenoxy) is 3. The number of esters is 2. The van der Waals surface area contributed by atoms with Gasteiger partial charge in [-0.25, -0.2) is 9.59 Å². The minimum atomic E-state index is -1.40. The van der Waals surface area contributed by atoms with Gasteiger partial charge in [-0.15, -0.1) is 0 Å². The van der Waals surface area contributed by atoms with Crippen LogP contribution in [0.4, 0.5) is 0 Å². The van der Waals surface area contributed by atoms with Crippen LogP contribution in [0.5, 0.6) is 5.75 Å². The Morgan fingerprint density at radius 3 is 2.00 bits per heavy atom. The van der Waals surface area contributed by atoms with E-state index in [1.54, 1.807) is 80.6 Å². The van der Waals surface area contributed by atoms with Gasteiger partial charge in [-0.1, -0.05) is 114 Å². The van der Waals surface area contributed by atoms with Crippen LogP contribution in [0.15, 0.2) is 95.4 Å². The number of nitrogens with zero attached hydrogens (tertiary/aromatic N) is 1. The molecule has 0 saturated heterocycles. The zero-order valence-electron chi connectivity index (χ0n) is 38.4. The Labute approximate surface area is 386 Å². The number of benzene rings is 3. The van der Waals surface area contributed by atoms with Crippen molar-refractivity contribution in [3.8, 4) is 17.1 Å². The number of unbranched alkanes of at least 4 members (excludes halogenated alkanes) is 2. The minimum absolute atomic E-state index is 0.0244. The zero-order chi connectivity index (χ0) is 47.8. The van der Waals surface area contributed by atoms with Gasteiger partial charge in [0.2, 0.25) is 12.3 Å². The fraction of sp³-hybridized carbons (Fsp3) is 0.420. The fourth-order valence-corrected chi connectivity index (χ4v) is 7.13. The van der Waals surface area contributed by atoms with Crippen LogP contribution in [-0.2, 0) is 51.5 Å². The highest BCUT2D eigenvalue weighted by Crippen LogP contribution is 2.30. The van der Waals surface area contributed by atoms with Crippen LogP contribution < -0.4 is 20.7 Å². The van der Waals surface area contributed by atoms with Crippen LogP contribution in [-0.4, -0.2) is 72.5 Å². The van der Waals surface area contributed by atoms with Gasteiger partial charge in [-0.2, -0.15) is 5.06 Å². The number of hydrogen-bond acceptors (Lipinski definition) is 12. The van der Waals surface area contributed by atoms with E-state index in [0.717, 1.165) is 23.5 Å². The van der Waals surface area contributed by atoms with Crippen LogP contribution in [0.25, 0.3) is 11.3 Å². The first-order chi connectivity index (χ1) is 32.0. The molecule has 0 aliphatic rings. The van der Waals surface area contributed by atoms with Crippen molar-refractivity contribution in [3.05, 3.63) is 113 Å². The van der Waals surface area contributed by atoms with Crippen molar-refractivity contribution < 1.29 is 57.0 Å². The standard InChI is InChI=1S/C50H62N4O12/c1-6-11-14-23-38(41(9-4)54(33-55)66-49(60)36(7-2)8-3)46(57)51-32-52-48(59)43-27-26-42(65-43)37-24-25-39(44(28-37)62-10-5)47(58)53-40(50(61)64-31-35-21-17-13-18-22-35)29-45(56)63-30-34-19-15-12-16-20-34/h12-13,15-22,24-28,33,36,38,40-41H,6-11,14,23,29-32H2,1-5H3,(H,51,57)(H,52,59)(H,53,58)/t38?,40?,41-/m1/s1. The van der Waals surface area contributed by atoms with E-state index >= 15 is 0 Å². The monoisotopic (exact) mass is 910 g/mol. The van der Waals surface area contributed by atoms with Crippen molar-refractivity contribution in [1.82, 2.24) is 21.0 Å². The van der Waals surface area contributed by atoms with Crippen molar-refractivity contribution >= 4 is 42.0 Å².